The maximum Gasteiger partial charge on any atom is 0.290 e. The average molecular weight is 210 g/mol. The maximum absolute atomic E-state index is 12.2. The molecule has 0 aliphatic heterocycles. The zero-order chi connectivity index (χ0) is 10.0. The molecule has 0 atom stereocenters. The summed E-state index contributed by atoms with van der Waals surface area (Å²) in [4.78, 5) is 13.0. The minimum Gasteiger partial charge on any atom is -0.503 e. The van der Waals surface area contributed by atoms with Crippen LogP contribution in [0.15, 0.2) is 10.9 Å². The molecule has 2 N–H and O–H groups in total. The fourth-order valence-electron chi connectivity index (χ4n) is 0.867. The van der Waals surface area contributed by atoms with E-state index in [0.29, 0.717) is 0 Å². The van der Waals surface area contributed by atoms with Gasteiger partial charge in [-0.1, -0.05) is 0 Å². The summed E-state index contributed by atoms with van der Waals surface area (Å²) in [6.07, 6.45) is -2.88. The third-order valence-corrected chi connectivity index (χ3v) is 1.76. The predicted octanol–water partition coefficient (Wildman–Crippen LogP) is 1.76. The van der Waals surface area contributed by atoms with Gasteiger partial charge in [0.15, 0.2) is 5.75 Å². The Morgan fingerprint density at radius 1 is 1.62 bits per heavy atom. The Morgan fingerprint density at radius 2 is 2.23 bits per heavy atom. The molecule has 0 unspecified atom stereocenters. The van der Waals surface area contributed by atoms with Crippen LogP contribution in [0.5, 0.6) is 5.75 Å². The number of hydrogen-bond donors (Lipinski definition) is 2. The van der Waals surface area contributed by atoms with Crippen molar-refractivity contribution >= 4 is 11.6 Å². The molecular weight excluding hydrogens is 204 g/mol. The van der Waals surface area contributed by atoms with Crippen LogP contribution in [0.4, 0.5) is 8.78 Å². The molecule has 0 saturated carbocycles. The summed E-state index contributed by atoms with van der Waals surface area (Å²) < 4.78 is 24.3. The lowest BCUT2D eigenvalue weighted by atomic mass is 10.2. The zero-order valence-electron chi connectivity index (χ0n) is 6.35. The van der Waals surface area contributed by atoms with Crippen molar-refractivity contribution in [2.75, 3.05) is 0 Å². The zero-order valence-corrected chi connectivity index (χ0v) is 7.11. The number of pyridine rings is 1. The van der Waals surface area contributed by atoms with Gasteiger partial charge in [0, 0.05) is 5.69 Å². The summed E-state index contributed by atoms with van der Waals surface area (Å²) in [5.74, 6) is -1.04. The number of aromatic nitrogens is 1. The SMILES string of the molecule is O=c1[nH]c(CCl)cc(C(F)F)c1O. The predicted molar refractivity (Wildman–Crippen MR) is 43.2 cm³/mol. The largest absolute Gasteiger partial charge is 0.503 e. The van der Waals surface area contributed by atoms with Crippen molar-refractivity contribution in [2.24, 2.45) is 0 Å². The lowest BCUT2D eigenvalue weighted by Gasteiger charge is -2.03. The first-order valence-electron chi connectivity index (χ1n) is 3.35. The molecule has 0 saturated heterocycles. The number of aromatic amines is 1. The Morgan fingerprint density at radius 3 is 2.69 bits per heavy atom. The third-order valence-electron chi connectivity index (χ3n) is 1.47. The van der Waals surface area contributed by atoms with Crippen molar-refractivity contribution in [1.29, 1.82) is 0 Å². The van der Waals surface area contributed by atoms with Gasteiger partial charge in [0.1, 0.15) is 0 Å². The van der Waals surface area contributed by atoms with Gasteiger partial charge in [0.25, 0.3) is 12.0 Å². The van der Waals surface area contributed by atoms with Crippen molar-refractivity contribution in [2.45, 2.75) is 12.3 Å². The highest BCUT2D eigenvalue weighted by Gasteiger charge is 2.16. The van der Waals surface area contributed by atoms with Crippen LogP contribution in [0.25, 0.3) is 0 Å². The Kier molecular flexibility index (Phi) is 2.87. The highest BCUT2D eigenvalue weighted by atomic mass is 35.5. The molecule has 0 radical (unpaired) electrons. The number of H-pyrrole nitrogens is 1. The van der Waals surface area contributed by atoms with E-state index in [1.807, 2.05) is 0 Å². The van der Waals surface area contributed by atoms with Crippen LogP contribution < -0.4 is 5.56 Å². The molecule has 13 heavy (non-hydrogen) atoms. The van der Waals surface area contributed by atoms with Crippen LogP contribution in [-0.4, -0.2) is 10.1 Å². The van der Waals surface area contributed by atoms with E-state index in [-0.39, 0.29) is 11.6 Å². The molecule has 6 heteroatoms. The first kappa shape index (κ1) is 9.98. The Bertz CT molecular complexity index is 364. The molecule has 1 heterocycles. The molecule has 72 valence electrons. The van der Waals surface area contributed by atoms with Crippen LogP contribution in [0, 0.1) is 0 Å². The van der Waals surface area contributed by atoms with Gasteiger partial charge in [-0.05, 0) is 6.07 Å². The standard InChI is InChI=1S/C7H6ClF2NO2/c8-2-3-1-4(6(9)10)5(12)7(13)11-3/h1,6,12H,2H2,(H,11,13). The van der Waals surface area contributed by atoms with Gasteiger partial charge in [-0.2, -0.15) is 0 Å². The molecule has 0 fully saturated rings. The van der Waals surface area contributed by atoms with Gasteiger partial charge >= 0.3 is 0 Å². The fourth-order valence-corrected chi connectivity index (χ4v) is 1.01. The number of rotatable bonds is 2. The summed E-state index contributed by atoms with van der Waals surface area (Å²) in [5.41, 5.74) is -1.49. The second kappa shape index (κ2) is 3.74. The van der Waals surface area contributed by atoms with Crippen LogP contribution >= 0.6 is 11.6 Å². The molecule has 0 aliphatic rings. The molecule has 0 bridgehead atoms. The molecule has 1 rings (SSSR count). The normalized spacial score (nSPS) is 10.8. The van der Waals surface area contributed by atoms with Crippen molar-refractivity contribution in [3.63, 3.8) is 0 Å². The minimum atomic E-state index is -2.88. The summed E-state index contributed by atoms with van der Waals surface area (Å²) in [6, 6.07) is 0.967. The van der Waals surface area contributed by atoms with E-state index in [1.54, 1.807) is 0 Å². The second-order valence-electron chi connectivity index (χ2n) is 2.36. The van der Waals surface area contributed by atoms with E-state index in [2.05, 4.69) is 4.98 Å². The second-order valence-corrected chi connectivity index (χ2v) is 2.63. The van der Waals surface area contributed by atoms with Crippen LogP contribution in [-0.2, 0) is 5.88 Å². The molecule has 0 amide bonds. The first-order valence-corrected chi connectivity index (χ1v) is 3.89. The van der Waals surface area contributed by atoms with E-state index in [9.17, 15) is 13.6 Å². The number of alkyl halides is 3. The Labute approximate surface area is 77.0 Å². The average Bonchev–Trinajstić information content (AvgIpc) is 2.09. The number of aromatic hydroxyl groups is 1. The minimum absolute atomic E-state index is 0.0881. The van der Waals surface area contributed by atoms with Gasteiger partial charge in [-0.3, -0.25) is 4.79 Å². The quantitative estimate of drug-likeness (QED) is 0.730. The molecule has 1 aromatic rings. The molecule has 0 aliphatic carbocycles. The highest BCUT2D eigenvalue weighted by molar-refractivity contribution is 6.16. The maximum atomic E-state index is 12.2. The molecule has 0 spiro atoms. The third kappa shape index (κ3) is 1.98. The first-order chi connectivity index (χ1) is 6.06. The Hall–Kier alpha value is -1.10. The number of hydrogen-bond acceptors (Lipinski definition) is 2. The van der Waals surface area contributed by atoms with Crippen molar-refractivity contribution in [1.82, 2.24) is 4.98 Å². The lowest BCUT2D eigenvalue weighted by molar-refractivity contribution is 0.147. The van der Waals surface area contributed by atoms with Crippen LogP contribution in [0.2, 0.25) is 0 Å². The topological polar surface area (TPSA) is 53.1 Å². The van der Waals surface area contributed by atoms with Gasteiger partial charge in [-0.15, -0.1) is 11.6 Å². The fraction of sp³-hybridized carbons (Fsp3) is 0.286. The van der Waals surface area contributed by atoms with Gasteiger partial charge in [0.05, 0.1) is 11.4 Å². The summed E-state index contributed by atoms with van der Waals surface area (Å²) in [7, 11) is 0. The highest BCUT2D eigenvalue weighted by Crippen LogP contribution is 2.25. The van der Waals surface area contributed by atoms with Crippen molar-refractivity contribution < 1.29 is 13.9 Å². The van der Waals surface area contributed by atoms with Gasteiger partial charge in [-0.25, -0.2) is 8.78 Å². The summed E-state index contributed by atoms with van der Waals surface area (Å²) in [5, 5.41) is 8.92. The lowest BCUT2D eigenvalue weighted by Crippen LogP contribution is -2.10. The van der Waals surface area contributed by atoms with Crippen molar-refractivity contribution in [3.05, 3.63) is 27.7 Å². The monoisotopic (exact) mass is 209 g/mol. The van der Waals surface area contributed by atoms with Crippen molar-refractivity contribution in [3.8, 4) is 5.75 Å². The van der Waals surface area contributed by atoms with E-state index < -0.39 is 23.3 Å². The Balaban J connectivity index is 3.33. The molecule has 1 aromatic heterocycles. The van der Waals surface area contributed by atoms with E-state index in [1.165, 1.54) is 0 Å². The number of halogens is 3. The summed E-state index contributed by atoms with van der Waals surface area (Å²) in [6.45, 7) is 0. The van der Waals surface area contributed by atoms with E-state index in [0.717, 1.165) is 6.07 Å². The van der Waals surface area contributed by atoms with Crippen LogP contribution in [0.3, 0.4) is 0 Å². The smallest absolute Gasteiger partial charge is 0.290 e. The number of nitrogens with one attached hydrogen (secondary N) is 1. The van der Waals surface area contributed by atoms with E-state index >= 15 is 0 Å². The summed E-state index contributed by atoms with van der Waals surface area (Å²) >= 11 is 5.33. The molecule has 0 aromatic carbocycles. The van der Waals surface area contributed by atoms with Crippen LogP contribution in [0.1, 0.15) is 17.7 Å². The van der Waals surface area contributed by atoms with Gasteiger partial charge in [0.2, 0.25) is 0 Å². The molecule has 3 nitrogen and oxygen atoms in total. The molecular formula is C7H6ClF2NO2. The van der Waals surface area contributed by atoms with Gasteiger partial charge < -0.3 is 10.1 Å². The van der Waals surface area contributed by atoms with E-state index in [4.69, 9.17) is 16.7 Å².